The second kappa shape index (κ2) is 4.61. The molecule has 1 rings (SSSR count). The van der Waals surface area contributed by atoms with E-state index in [1.165, 1.54) is 6.07 Å². The Hall–Kier alpha value is -0.820. The van der Waals surface area contributed by atoms with E-state index in [9.17, 15) is 9.90 Å². The van der Waals surface area contributed by atoms with Gasteiger partial charge < -0.3 is 16.2 Å². The third-order valence-corrected chi connectivity index (χ3v) is 2.30. The average Bonchev–Trinajstić information content (AvgIpc) is 2.11. The van der Waals surface area contributed by atoms with Crippen LogP contribution in [0.4, 0.5) is 5.69 Å². The van der Waals surface area contributed by atoms with Gasteiger partial charge in [-0.2, -0.15) is 0 Å². The lowest BCUT2D eigenvalue weighted by Gasteiger charge is -2.09. The van der Waals surface area contributed by atoms with Crippen LogP contribution < -0.4 is 11.1 Å². The maximum absolute atomic E-state index is 11.2. The Balaban J connectivity index is 2.86. The molecule has 1 aromatic carbocycles. The fraction of sp³-hybridized carbons (Fsp3) is 0.222. The van der Waals surface area contributed by atoms with E-state index >= 15 is 0 Å². The molecule has 0 aliphatic carbocycles. The van der Waals surface area contributed by atoms with Crippen molar-refractivity contribution in [1.29, 1.82) is 0 Å². The minimum atomic E-state index is -0.590. The van der Waals surface area contributed by atoms with Crippen molar-refractivity contribution in [3.8, 4) is 5.75 Å². The molecule has 0 radical (unpaired) electrons. The SMILES string of the molecule is C[C@@H](N)C(=O)Nc1cc(I)ccc1O. The summed E-state index contributed by atoms with van der Waals surface area (Å²) in [4.78, 5) is 11.2. The molecule has 0 fully saturated rings. The molecule has 4 N–H and O–H groups in total. The lowest BCUT2D eigenvalue weighted by molar-refractivity contribution is -0.117. The van der Waals surface area contributed by atoms with Crippen LogP contribution in [0.1, 0.15) is 6.92 Å². The van der Waals surface area contributed by atoms with E-state index in [4.69, 9.17) is 5.73 Å². The summed E-state index contributed by atoms with van der Waals surface area (Å²) in [6.07, 6.45) is 0. The van der Waals surface area contributed by atoms with E-state index in [0.717, 1.165) is 3.57 Å². The zero-order valence-corrected chi connectivity index (χ0v) is 9.78. The predicted molar refractivity (Wildman–Crippen MR) is 63.1 cm³/mol. The standard InChI is InChI=1S/C9H11IN2O2/c1-5(11)9(14)12-7-4-6(10)2-3-8(7)13/h2-5,13H,11H2,1H3,(H,12,14)/t5-/m1/s1. The van der Waals surface area contributed by atoms with Gasteiger partial charge in [-0.3, -0.25) is 4.79 Å². The van der Waals surface area contributed by atoms with Gasteiger partial charge in [-0.15, -0.1) is 0 Å². The Morgan fingerprint density at radius 1 is 1.64 bits per heavy atom. The molecule has 0 saturated heterocycles. The number of amides is 1. The van der Waals surface area contributed by atoms with Gasteiger partial charge in [-0.1, -0.05) is 0 Å². The number of phenols is 1. The van der Waals surface area contributed by atoms with Crippen LogP contribution in [0.2, 0.25) is 0 Å². The smallest absolute Gasteiger partial charge is 0.241 e. The first-order valence-corrected chi connectivity index (χ1v) is 5.13. The first kappa shape index (κ1) is 11.3. The van der Waals surface area contributed by atoms with Crippen LogP contribution in [-0.2, 0) is 4.79 Å². The van der Waals surface area contributed by atoms with Crippen LogP contribution in [0.25, 0.3) is 0 Å². The number of nitrogens with two attached hydrogens (primary N) is 1. The first-order chi connectivity index (χ1) is 6.50. The van der Waals surface area contributed by atoms with Crippen molar-refractivity contribution in [3.63, 3.8) is 0 Å². The number of carbonyl (C=O) groups is 1. The lowest BCUT2D eigenvalue weighted by Crippen LogP contribution is -2.32. The topological polar surface area (TPSA) is 75.4 Å². The molecule has 14 heavy (non-hydrogen) atoms. The zero-order valence-electron chi connectivity index (χ0n) is 7.62. The molecule has 76 valence electrons. The molecule has 0 bridgehead atoms. The van der Waals surface area contributed by atoms with Crippen LogP contribution in [0.3, 0.4) is 0 Å². The Morgan fingerprint density at radius 3 is 2.86 bits per heavy atom. The number of aromatic hydroxyl groups is 1. The highest BCUT2D eigenvalue weighted by Crippen LogP contribution is 2.24. The highest BCUT2D eigenvalue weighted by atomic mass is 127. The number of anilines is 1. The van der Waals surface area contributed by atoms with Gasteiger partial charge in [0.05, 0.1) is 11.7 Å². The molecule has 0 aliphatic rings. The number of halogens is 1. The molecule has 0 heterocycles. The van der Waals surface area contributed by atoms with Gasteiger partial charge in [0, 0.05) is 3.57 Å². The Kier molecular flexibility index (Phi) is 3.70. The number of carbonyl (C=O) groups excluding carboxylic acids is 1. The van der Waals surface area contributed by atoms with Gasteiger partial charge in [0.1, 0.15) is 5.75 Å². The van der Waals surface area contributed by atoms with Gasteiger partial charge in [0.2, 0.25) is 5.91 Å². The zero-order chi connectivity index (χ0) is 10.7. The Bertz CT molecular complexity index is 353. The third-order valence-electron chi connectivity index (χ3n) is 1.63. The molecular formula is C9H11IN2O2. The molecule has 5 heteroatoms. The van der Waals surface area contributed by atoms with Crippen LogP contribution in [0, 0.1) is 3.57 Å². The van der Waals surface area contributed by atoms with Crippen LogP contribution in [-0.4, -0.2) is 17.1 Å². The molecule has 0 saturated carbocycles. The van der Waals surface area contributed by atoms with Gasteiger partial charge in [-0.05, 0) is 47.7 Å². The van der Waals surface area contributed by atoms with E-state index < -0.39 is 6.04 Å². The van der Waals surface area contributed by atoms with E-state index in [0.29, 0.717) is 5.69 Å². The van der Waals surface area contributed by atoms with Gasteiger partial charge in [-0.25, -0.2) is 0 Å². The molecule has 1 amide bonds. The largest absolute Gasteiger partial charge is 0.506 e. The lowest BCUT2D eigenvalue weighted by atomic mass is 10.2. The Labute approximate surface area is 95.6 Å². The number of benzene rings is 1. The second-order valence-electron chi connectivity index (χ2n) is 2.94. The molecule has 1 aromatic rings. The molecule has 0 aromatic heterocycles. The van der Waals surface area contributed by atoms with Crippen LogP contribution in [0.5, 0.6) is 5.75 Å². The minimum absolute atomic E-state index is 0.0411. The van der Waals surface area contributed by atoms with Crippen molar-refractivity contribution in [2.45, 2.75) is 13.0 Å². The number of phenolic OH excluding ortho intramolecular Hbond substituents is 1. The van der Waals surface area contributed by atoms with E-state index in [1.54, 1.807) is 19.1 Å². The summed E-state index contributed by atoms with van der Waals surface area (Å²) in [5, 5.41) is 11.9. The first-order valence-electron chi connectivity index (χ1n) is 4.05. The van der Waals surface area contributed by atoms with Gasteiger partial charge >= 0.3 is 0 Å². The summed E-state index contributed by atoms with van der Waals surface area (Å²) in [5.74, 6) is -0.276. The molecule has 0 unspecified atom stereocenters. The monoisotopic (exact) mass is 306 g/mol. The molecule has 4 nitrogen and oxygen atoms in total. The fourth-order valence-corrected chi connectivity index (χ4v) is 1.35. The van der Waals surface area contributed by atoms with Crippen molar-refractivity contribution in [2.75, 3.05) is 5.32 Å². The van der Waals surface area contributed by atoms with Crippen LogP contribution >= 0.6 is 22.6 Å². The normalized spacial score (nSPS) is 12.2. The quantitative estimate of drug-likeness (QED) is 0.569. The summed E-state index contributed by atoms with van der Waals surface area (Å²) >= 11 is 2.09. The van der Waals surface area contributed by atoms with E-state index in [2.05, 4.69) is 27.9 Å². The molecular weight excluding hydrogens is 295 g/mol. The maximum atomic E-state index is 11.2. The van der Waals surface area contributed by atoms with Crippen molar-refractivity contribution in [3.05, 3.63) is 21.8 Å². The van der Waals surface area contributed by atoms with Crippen molar-refractivity contribution >= 4 is 34.2 Å². The van der Waals surface area contributed by atoms with Crippen LogP contribution in [0.15, 0.2) is 18.2 Å². The third kappa shape index (κ3) is 2.85. The summed E-state index contributed by atoms with van der Waals surface area (Å²) in [6, 6.07) is 4.36. The molecule has 0 aliphatic heterocycles. The Morgan fingerprint density at radius 2 is 2.29 bits per heavy atom. The number of hydrogen-bond donors (Lipinski definition) is 3. The van der Waals surface area contributed by atoms with E-state index in [1.807, 2.05) is 0 Å². The van der Waals surface area contributed by atoms with Gasteiger partial charge in [0.15, 0.2) is 0 Å². The number of rotatable bonds is 2. The summed E-state index contributed by atoms with van der Waals surface area (Å²) in [6.45, 7) is 1.58. The van der Waals surface area contributed by atoms with E-state index in [-0.39, 0.29) is 11.7 Å². The van der Waals surface area contributed by atoms with Crippen molar-refractivity contribution in [1.82, 2.24) is 0 Å². The van der Waals surface area contributed by atoms with Crippen molar-refractivity contribution in [2.24, 2.45) is 5.73 Å². The van der Waals surface area contributed by atoms with Gasteiger partial charge in [0.25, 0.3) is 0 Å². The summed E-state index contributed by atoms with van der Waals surface area (Å²) in [5.41, 5.74) is 5.76. The fourth-order valence-electron chi connectivity index (χ4n) is 0.855. The minimum Gasteiger partial charge on any atom is -0.506 e. The number of nitrogens with one attached hydrogen (secondary N) is 1. The highest BCUT2D eigenvalue weighted by Gasteiger charge is 2.10. The predicted octanol–water partition coefficient (Wildman–Crippen LogP) is 1.28. The molecule has 1 atom stereocenters. The molecule has 0 spiro atoms. The maximum Gasteiger partial charge on any atom is 0.241 e. The second-order valence-corrected chi connectivity index (χ2v) is 4.19. The highest BCUT2D eigenvalue weighted by molar-refractivity contribution is 14.1. The summed E-state index contributed by atoms with van der Waals surface area (Å²) in [7, 11) is 0. The summed E-state index contributed by atoms with van der Waals surface area (Å²) < 4.78 is 0.931. The average molecular weight is 306 g/mol. The number of hydrogen-bond acceptors (Lipinski definition) is 3. The van der Waals surface area contributed by atoms with Crippen molar-refractivity contribution < 1.29 is 9.90 Å².